The van der Waals surface area contributed by atoms with E-state index in [1.165, 1.54) is 44.1 Å². The maximum Gasteiger partial charge on any atom is 0.309 e. The number of nitrogens with zero attached hydrogens (tertiary/aromatic N) is 2. The molecule has 3 rings (SSSR count). The highest BCUT2D eigenvalue weighted by Crippen LogP contribution is 2.26. The van der Waals surface area contributed by atoms with E-state index < -0.39 is 0 Å². The van der Waals surface area contributed by atoms with Crippen LogP contribution in [0.4, 0.5) is 0 Å². The second-order valence-electron chi connectivity index (χ2n) is 8.55. The van der Waals surface area contributed by atoms with Gasteiger partial charge in [-0.2, -0.15) is 0 Å². The lowest BCUT2D eigenvalue weighted by Gasteiger charge is -2.11. The summed E-state index contributed by atoms with van der Waals surface area (Å²) in [7, 11) is 0. The van der Waals surface area contributed by atoms with Crippen LogP contribution in [0, 0.1) is 5.92 Å². The zero-order valence-electron chi connectivity index (χ0n) is 19.0. The molecule has 2 heterocycles. The van der Waals surface area contributed by atoms with Gasteiger partial charge in [-0.1, -0.05) is 52.4 Å². The predicted molar refractivity (Wildman–Crippen MR) is 123 cm³/mol. The van der Waals surface area contributed by atoms with Crippen molar-refractivity contribution >= 4 is 5.97 Å². The Hall–Kier alpha value is -2.43. The molecule has 0 saturated carbocycles. The average molecular weight is 425 g/mol. The lowest BCUT2D eigenvalue weighted by molar-refractivity contribution is -0.145. The Morgan fingerprint density at radius 3 is 2.39 bits per heavy atom. The zero-order valence-corrected chi connectivity index (χ0v) is 19.0. The van der Waals surface area contributed by atoms with Crippen molar-refractivity contribution in [1.29, 1.82) is 0 Å². The van der Waals surface area contributed by atoms with Crippen molar-refractivity contribution in [1.82, 2.24) is 9.97 Å². The van der Waals surface area contributed by atoms with E-state index in [1.54, 1.807) is 0 Å². The van der Waals surface area contributed by atoms with Gasteiger partial charge >= 0.3 is 5.97 Å². The number of unbranched alkanes of at least 4 members (excludes halogenated alkanes) is 5. The molecule has 0 spiro atoms. The summed E-state index contributed by atoms with van der Waals surface area (Å²) in [5.74, 6) is 1.44. The smallest absolute Gasteiger partial charge is 0.309 e. The Morgan fingerprint density at radius 1 is 0.968 bits per heavy atom. The third-order valence-corrected chi connectivity index (χ3v) is 5.87. The van der Waals surface area contributed by atoms with Crippen molar-refractivity contribution in [3.63, 3.8) is 0 Å². The number of carbonyl (C=O) groups is 1. The fourth-order valence-corrected chi connectivity index (χ4v) is 4.04. The summed E-state index contributed by atoms with van der Waals surface area (Å²) < 4.78 is 11.3. The van der Waals surface area contributed by atoms with Crippen molar-refractivity contribution in [2.75, 3.05) is 6.61 Å². The third kappa shape index (κ3) is 7.34. The molecule has 0 bridgehead atoms. The summed E-state index contributed by atoms with van der Waals surface area (Å²) in [6.45, 7) is 4.73. The van der Waals surface area contributed by atoms with Crippen LogP contribution in [-0.4, -0.2) is 28.6 Å². The molecule has 1 aliphatic heterocycles. The van der Waals surface area contributed by atoms with Gasteiger partial charge < -0.3 is 9.47 Å². The SMILES string of the molecule is CCCCCCCCc1cnc(-c2ccc(OCC3CC(CCC)C(=O)O3)cc2)nc1. The number of ether oxygens (including phenoxy) is 2. The van der Waals surface area contributed by atoms with Gasteiger partial charge in [0, 0.05) is 24.4 Å². The first-order chi connectivity index (χ1) is 15.2. The van der Waals surface area contributed by atoms with Crippen molar-refractivity contribution in [2.24, 2.45) is 5.92 Å². The minimum atomic E-state index is -0.147. The summed E-state index contributed by atoms with van der Waals surface area (Å²) in [6.07, 6.45) is 15.2. The van der Waals surface area contributed by atoms with E-state index in [9.17, 15) is 4.79 Å². The number of carbonyl (C=O) groups excluding carboxylic acids is 1. The third-order valence-electron chi connectivity index (χ3n) is 5.87. The summed E-state index contributed by atoms with van der Waals surface area (Å²) in [5, 5.41) is 0. The van der Waals surface area contributed by atoms with Crippen LogP contribution in [0.5, 0.6) is 5.75 Å². The molecule has 1 aromatic heterocycles. The molecule has 0 N–H and O–H groups in total. The van der Waals surface area contributed by atoms with Crippen LogP contribution in [0.2, 0.25) is 0 Å². The Labute approximate surface area is 186 Å². The minimum absolute atomic E-state index is 0.0298. The molecule has 2 atom stereocenters. The number of hydrogen-bond donors (Lipinski definition) is 0. The van der Waals surface area contributed by atoms with Gasteiger partial charge in [0.1, 0.15) is 18.5 Å². The lowest BCUT2D eigenvalue weighted by Crippen LogP contribution is -2.17. The van der Waals surface area contributed by atoms with E-state index in [1.807, 2.05) is 36.7 Å². The van der Waals surface area contributed by atoms with Gasteiger partial charge in [-0.05, 0) is 49.1 Å². The highest BCUT2D eigenvalue weighted by atomic mass is 16.6. The second kappa shape index (κ2) is 12.4. The number of esters is 1. The van der Waals surface area contributed by atoms with E-state index in [0.29, 0.717) is 6.61 Å². The summed E-state index contributed by atoms with van der Waals surface area (Å²) >= 11 is 0. The number of aryl methyl sites for hydroxylation is 1. The van der Waals surface area contributed by atoms with Crippen LogP contribution in [0.3, 0.4) is 0 Å². The monoisotopic (exact) mass is 424 g/mol. The van der Waals surface area contributed by atoms with Gasteiger partial charge in [0.05, 0.1) is 5.92 Å². The Morgan fingerprint density at radius 2 is 1.68 bits per heavy atom. The molecule has 168 valence electrons. The molecule has 1 fully saturated rings. The topological polar surface area (TPSA) is 61.3 Å². The molecular weight excluding hydrogens is 388 g/mol. The first-order valence-corrected chi connectivity index (χ1v) is 11.9. The van der Waals surface area contributed by atoms with E-state index in [-0.39, 0.29) is 18.0 Å². The highest BCUT2D eigenvalue weighted by molar-refractivity contribution is 5.74. The number of benzene rings is 1. The van der Waals surface area contributed by atoms with Crippen LogP contribution in [-0.2, 0) is 16.0 Å². The van der Waals surface area contributed by atoms with Crippen LogP contribution >= 0.6 is 0 Å². The van der Waals surface area contributed by atoms with Gasteiger partial charge in [-0.3, -0.25) is 4.79 Å². The number of rotatable bonds is 13. The first-order valence-electron chi connectivity index (χ1n) is 11.9. The van der Waals surface area contributed by atoms with Crippen molar-refractivity contribution in [3.8, 4) is 17.1 Å². The Bertz CT molecular complexity index is 789. The van der Waals surface area contributed by atoms with Crippen molar-refractivity contribution in [2.45, 2.75) is 84.2 Å². The fourth-order valence-electron chi connectivity index (χ4n) is 4.04. The number of hydrogen-bond acceptors (Lipinski definition) is 5. The molecule has 2 aromatic rings. The molecule has 1 aromatic carbocycles. The molecule has 5 nitrogen and oxygen atoms in total. The molecular formula is C26H36N2O3. The summed E-state index contributed by atoms with van der Waals surface area (Å²) in [4.78, 5) is 20.9. The zero-order chi connectivity index (χ0) is 21.9. The summed E-state index contributed by atoms with van der Waals surface area (Å²) in [6, 6.07) is 7.78. The molecule has 0 amide bonds. The van der Waals surface area contributed by atoms with Crippen molar-refractivity contribution in [3.05, 3.63) is 42.2 Å². The van der Waals surface area contributed by atoms with Crippen LogP contribution < -0.4 is 4.74 Å². The largest absolute Gasteiger partial charge is 0.490 e. The quantitative estimate of drug-likeness (QED) is 0.285. The predicted octanol–water partition coefficient (Wildman–Crippen LogP) is 6.16. The van der Waals surface area contributed by atoms with Gasteiger partial charge in [0.25, 0.3) is 0 Å². The maximum atomic E-state index is 11.8. The minimum Gasteiger partial charge on any atom is -0.490 e. The van der Waals surface area contributed by atoms with Gasteiger partial charge in [-0.15, -0.1) is 0 Å². The molecule has 5 heteroatoms. The van der Waals surface area contributed by atoms with E-state index in [4.69, 9.17) is 9.47 Å². The molecule has 31 heavy (non-hydrogen) atoms. The molecule has 2 unspecified atom stereocenters. The number of aromatic nitrogens is 2. The Kier molecular flexibility index (Phi) is 9.32. The fraction of sp³-hybridized carbons (Fsp3) is 0.577. The molecule has 0 aliphatic carbocycles. The Balaban J connectivity index is 1.43. The highest BCUT2D eigenvalue weighted by Gasteiger charge is 2.33. The molecule has 0 radical (unpaired) electrons. The van der Waals surface area contributed by atoms with Crippen LogP contribution in [0.1, 0.15) is 77.2 Å². The standard InChI is InChI=1S/C26H36N2O3/c1-3-5-6-7-8-9-11-20-17-27-25(28-18-20)21-12-14-23(15-13-21)30-19-24-16-22(10-4-2)26(29)31-24/h12-15,17-18,22,24H,3-11,16,19H2,1-2H3. The molecule has 1 aliphatic rings. The second-order valence-corrected chi connectivity index (χ2v) is 8.55. The van der Waals surface area contributed by atoms with Crippen molar-refractivity contribution < 1.29 is 14.3 Å². The van der Waals surface area contributed by atoms with Crippen LogP contribution in [0.15, 0.2) is 36.7 Å². The van der Waals surface area contributed by atoms with Gasteiger partial charge in [-0.25, -0.2) is 9.97 Å². The molecule has 1 saturated heterocycles. The van der Waals surface area contributed by atoms with Crippen LogP contribution in [0.25, 0.3) is 11.4 Å². The van der Waals surface area contributed by atoms with Gasteiger partial charge in [0.2, 0.25) is 0 Å². The first kappa shape index (κ1) is 23.2. The lowest BCUT2D eigenvalue weighted by atomic mass is 10.0. The van der Waals surface area contributed by atoms with Gasteiger partial charge in [0.15, 0.2) is 5.82 Å². The summed E-state index contributed by atoms with van der Waals surface area (Å²) in [5.41, 5.74) is 2.17. The normalized spacial score (nSPS) is 18.2. The average Bonchev–Trinajstić information content (AvgIpc) is 3.15. The van der Waals surface area contributed by atoms with E-state index in [0.717, 1.165) is 42.8 Å². The van der Waals surface area contributed by atoms with E-state index >= 15 is 0 Å². The maximum absolute atomic E-state index is 11.8. The van der Waals surface area contributed by atoms with E-state index in [2.05, 4.69) is 23.8 Å². The number of cyclic esters (lactones) is 1.